The zero-order valence-corrected chi connectivity index (χ0v) is 24.3. The van der Waals surface area contributed by atoms with Crippen LogP contribution in [0.15, 0.2) is 132 Å². The quantitative estimate of drug-likeness (QED) is 0.0571. The van der Waals surface area contributed by atoms with Gasteiger partial charge in [-0.1, -0.05) is 76.7 Å². The van der Waals surface area contributed by atoms with Gasteiger partial charge >= 0.3 is 0 Å². The van der Waals surface area contributed by atoms with Crippen LogP contribution in [-0.4, -0.2) is 44.6 Å². The van der Waals surface area contributed by atoms with Crippen LogP contribution in [0.5, 0.6) is 0 Å². The maximum atomic E-state index is 4.52. The molecule has 3 aromatic rings. The van der Waals surface area contributed by atoms with E-state index in [0.29, 0.717) is 0 Å². The molecule has 1 N–H and O–H groups in total. The van der Waals surface area contributed by atoms with E-state index in [0.717, 1.165) is 47.1 Å². The lowest BCUT2D eigenvalue weighted by atomic mass is 10.2. The minimum Gasteiger partial charge on any atom is -0.390 e. The highest BCUT2D eigenvalue weighted by Gasteiger charge is 2.02. The van der Waals surface area contributed by atoms with Crippen molar-refractivity contribution in [2.24, 2.45) is 10.2 Å². The van der Waals surface area contributed by atoms with Crippen molar-refractivity contribution >= 4 is 45.4 Å². The molecule has 0 spiro atoms. The molecule has 6 nitrogen and oxygen atoms in total. The Labute approximate surface area is 240 Å². The Morgan fingerprint density at radius 1 is 0.872 bits per heavy atom. The fraction of sp³-hybridized carbons (Fsp3) is 0.194. The van der Waals surface area contributed by atoms with Crippen LogP contribution >= 0.6 is 21.6 Å². The molecule has 202 valence electrons. The van der Waals surface area contributed by atoms with Crippen LogP contribution in [0.25, 0.3) is 0 Å². The molecule has 0 saturated carbocycles. The van der Waals surface area contributed by atoms with Gasteiger partial charge in [0.15, 0.2) is 18.9 Å². The van der Waals surface area contributed by atoms with Crippen LogP contribution in [0.3, 0.4) is 0 Å². The van der Waals surface area contributed by atoms with Crippen molar-refractivity contribution in [1.29, 1.82) is 0 Å². The minimum absolute atomic E-state index is 0.898. The third-order valence-electron chi connectivity index (χ3n) is 5.49. The summed E-state index contributed by atoms with van der Waals surface area (Å²) in [6.07, 6.45) is 15.6. The number of anilines is 2. The predicted molar refractivity (Wildman–Crippen MR) is 173 cm³/mol. The fourth-order valence-electron chi connectivity index (χ4n) is 3.31. The lowest BCUT2D eigenvalue weighted by Gasteiger charge is -2.12. The zero-order valence-electron chi connectivity index (χ0n) is 22.6. The fourth-order valence-corrected chi connectivity index (χ4v) is 5.21. The number of benzene rings is 2. The molecular weight excluding hydrogens is 521 g/mol. The third kappa shape index (κ3) is 11.7. The summed E-state index contributed by atoms with van der Waals surface area (Å²) in [7, 11) is 7.66. The van der Waals surface area contributed by atoms with Gasteiger partial charge in [0.2, 0.25) is 0 Å². The van der Waals surface area contributed by atoms with Crippen LogP contribution in [0.1, 0.15) is 5.56 Å². The summed E-state index contributed by atoms with van der Waals surface area (Å²) >= 11 is 0. The van der Waals surface area contributed by atoms with E-state index in [1.807, 2.05) is 137 Å². The molecule has 0 saturated heterocycles. The molecule has 0 unspecified atom stereocenters. The van der Waals surface area contributed by atoms with Gasteiger partial charge in [0.1, 0.15) is 0 Å². The number of aryl methyl sites for hydroxylation is 1. The molecule has 2 aromatic carbocycles. The van der Waals surface area contributed by atoms with Gasteiger partial charge in [-0.15, -0.1) is 0 Å². The van der Waals surface area contributed by atoms with Crippen molar-refractivity contribution in [2.45, 2.75) is 6.54 Å². The smallest absolute Gasteiger partial charge is 0.169 e. The normalized spacial score (nSPS) is 11.9. The molecule has 0 amide bonds. The minimum atomic E-state index is 0.898. The van der Waals surface area contributed by atoms with E-state index in [9.17, 15) is 0 Å². The largest absolute Gasteiger partial charge is 0.390 e. The number of nitrogens with one attached hydrogen (secondary N) is 1. The molecule has 0 bridgehead atoms. The summed E-state index contributed by atoms with van der Waals surface area (Å²) < 4.78 is 2.21. The molecule has 39 heavy (non-hydrogen) atoms. The van der Waals surface area contributed by atoms with Crippen LogP contribution < -0.4 is 19.9 Å². The molecule has 0 atom stereocenters. The Bertz CT molecular complexity index is 1220. The van der Waals surface area contributed by atoms with Gasteiger partial charge in [-0.05, 0) is 42.1 Å². The second-order valence-corrected chi connectivity index (χ2v) is 11.1. The van der Waals surface area contributed by atoms with Crippen molar-refractivity contribution < 1.29 is 4.57 Å². The summed E-state index contributed by atoms with van der Waals surface area (Å²) in [5, 5.41) is 16.1. The first kappa shape index (κ1) is 29.8. The summed E-state index contributed by atoms with van der Waals surface area (Å²) in [5.74, 6) is 2.07. The monoisotopic (exact) mass is 557 g/mol. The van der Waals surface area contributed by atoms with E-state index in [1.165, 1.54) is 0 Å². The topological polar surface area (TPSA) is 47.1 Å². The third-order valence-corrected chi connectivity index (χ3v) is 7.87. The number of para-hydroxylation sites is 2. The Balaban J connectivity index is 1.28. The van der Waals surface area contributed by atoms with Crippen LogP contribution in [0, 0.1) is 0 Å². The maximum Gasteiger partial charge on any atom is 0.169 e. The molecule has 0 aliphatic rings. The van der Waals surface area contributed by atoms with Gasteiger partial charge in [0.05, 0.1) is 29.6 Å². The van der Waals surface area contributed by atoms with Gasteiger partial charge in [-0.25, -0.2) is 4.57 Å². The van der Waals surface area contributed by atoms with Gasteiger partial charge in [0.25, 0.3) is 0 Å². The van der Waals surface area contributed by atoms with Gasteiger partial charge < -0.3 is 5.32 Å². The lowest BCUT2D eigenvalue weighted by molar-refractivity contribution is -0.692. The number of aromatic nitrogens is 1. The molecule has 0 fully saturated rings. The van der Waals surface area contributed by atoms with Crippen LogP contribution in [0.2, 0.25) is 0 Å². The number of rotatable bonds is 16. The van der Waals surface area contributed by atoms with E-state index >= 15 is 0 Å². The van der Waals surface area contributed by atoms with E-state index in [-0.39, 0.29) is 0 Å². The second-order valence-electron chi connectivity index (χ2n) is 8.41. The highest BCUT2D eigenvalue weighted by atomic mass is 33.1. The van der Waals surface area contributed by atoms with Crippen LogP contribution in [0.4, 0.5) is 11.4 Å². The average molecular weight is 558 g/mol. The SMILES string of the molecule is C=C/C=C(\C=C/NCCSSCC[n+]1ccc(/C=N/N(C)c2ccccc2)cc1)/C=N/N(C)c1ccccc1. The first-order chi connectivity index (χ1) is 19.2. The molecule has 0 aliphatic carbocycles. The highest BCUT2D eigenvalue weighted by molar-refractivity contribution is 8.76. The number of allylic oxidation sites excluding steroid dienone is 4. The summed E-state index contributed by atoms with van der Waals surface area (Å²) in [5.41, 5.74) is 4.15. The standard InChI is InChI=1S/C31H37N6S2/c1-4-11-28(26-33-35(2)30-12-7-5-8-13-30)16-19-32-20-24-38-39-25-23-37-21-17-29(18-22-37)27-34-36(3)31-14-9-6-10-15-31/h4-19,21-22,26-27,32H,1,20,23-25H2,2-3H3/q+1/b19-16-,28-11+,33-26+. The van der Waals surface area contributed by atoms with Crippen molar-refractivity contribution in [3.63, 3.8) is 0 Å². The zero-order chi connectivity index (χ0) is 27.5. The van der Waals surface area contributed by atoms with Gasteiger partial charge in [0, 0.05) is 44.1 Å². The van der Waals surface area contributed by atoms with E-state index < -0.39 is 0 Å². The Morgan fingerprint density at radius 3 is 2.13 bits per heavy atom. The molecule has 8 heteroatoms. The first-order valence-electron chi connectivity index (χ1n) is 12.8. The summed E-state index contributed by atoms with van der Waals surface area (Å²) in [4.78, 5) is 0. The van der Waals surface area contributed by atoms with Gasteiger partial charge in [-0.3, -0.25) is 10.0 Å². The Kier molecular flexibility index (Phi) is 13.5. The number of nitrogens with zero attached hydrogens (tertiary/aromatic N) is 5. The second kappa shape index (κ2) is 17.7. The van der Waals surface area contributed by atoms with E-state index in [1.54, 1.807) is 6.08 Å². The number of hydrogen-bond donors (Lipinski definition) is 1. The van der Waals surface area contributed by atoms with Crippen molar-refractivity contribution in [3.05, 3.63) is 127 Å². The average Bonchev–Trinajstić information content (AvgIpc) is 2.99. The summed E-state index contributed by atoms with van der Waals surface area (Å²) in [6.45, 7) is 5.67. The molecule has 1 heterocycles. The number of pyridine rings is 1. The lowest BCUT2D eigenvalue weighted by Crippen LogP contribution is -2.33. The predicted octanol–water partition coefficient (Wildman–Crippen LogP) is 6.16. The van der Waals surface area contributed by atoms with Crippen molar-refractivity contribution in [2.75, 3.05) is 42.2 Å². The molecule has 0 aliphatic heterocycles. The van der Waals surface area contributed by atoms with Crippen molar-refractivity contribution in [1.82, 2.24) is 5.32 Å². The first-order valence-corrected chi connectivity index (χ1v) is 15.3. The number of hydrogen-bond acceptors (Lipinski definition) is 7. The number of hydrazone groups is 2. The molecule has 0 radical (unpaired) electrons. The molecular formula is C31H37N6S2+. The Morgan fingerprint density at radius 2 is 1.49 bits per heavy atom. The summed E-state index contributed by atoms with van der Waals surface area (Å²) in [6, 6.07) is 24.4. The van der Waals surface area contributed by atoms with E-state index in [4.69, 9.17) is 0 Å². The Hall–Kier alpha value is -3.75. The van der Waals surface area contributed by atoms with Gasteiger partial charge in [-0.2, -0.15) is 10.2 Å². The highest BCUT2D eigenvalue weighted by Crippen LogP contribution is 2.19. The van der Waals surface area contributed by atoms with Crippen molar-refractivity contribution in [3.8, 4) is 0 Å². The maximum absolute atomic E-state index is 4.52. The van der Waals surface area contributed by atoms with E-state index in [2.05, 4.69) is 51.2 Å². The molecule has 3 rings (SSSR count). The molecule has 1 aromatic heterocycles. The van der Waals surface area contributed by atoms with Crippen LogP contribution in [-0.2, 0) is 6.54 Å².